The summed E-state index contributed by atoms with van der Waals surface area (Å²) >= 11 is 0. The zero-order chi connectivity index (χ0) is 12.0. The molecule has 0 aliphatic carbocycles. The Morgan fingerprint density at radius 1 is 0.938 bits per heavy atom. The molecule has 1 aromatic carbocycles. The molecule has 0 radical (unpaired) electrons. The van der Waals surface area contributed by atoms with Crippen molar-refractivity contribution in [1.29, 1.82) is 0 Å². The van der Waals surface area contributed by atoms with Crippen LogP contribution >= 0.6 is 0 Å². The van der Waals surface area contributed by atoms with Gasteiger partial charge in [0.2, 0.25) is 0 Å². The number of hydrogen-bond acceptors (Lipinski definition) is 1. The molecule has 90 valence electrons. The first-order valence-electron chi connectivity index (χ1n) is 6.37. The number of rotatable bonds is 6. The minimum Gasteiger partial charge on any atom is -0.314 e. The predicted octanol–water partition coefficient (Wildman–Crippen LogP) is 3.50. The third-order valence-corrected chi connectivity index (χ3v) is 3.22. The van der Waals surface area contributed by atoms with E-state index in [0.29, 0.717) is 6.04 Å². The monoisotopic (exact) mass is 219 g/mol. The molecule has 0 saturated carbocycles. The second-order valence-corrected chi connectivity index (χ2v) is 5.21. The lowest BCUT2D eigenvalue weighted by molar-refractivity contribution is 0.354. The van der Waals surface area contributed by atoms with Crippen LogP contribution in [-0.4, -0.2) is 12.6 Å². The van der Waals surface area contributed by atoms with Gasteiger partial charge in [-0.2, -0.15) is 0 Å². The van der Waals surface area contributed by atoms with Crippen molar-refractivity contribution < 1.29 is 0 Å². The Labute approximate surface area is 100 Å². The number of nitrogens with one attached hydrogen (secondary N) is 1. The highest BCUT2D eigenvalue weighted by Gasteiger charge is 2.12. The van der Waals surface area contributed by atoms with Gasteiger partial charge in [-0.25, -0.2) is 0 Å². The third-order valence-electron chi connectivity index (χ3n) is 3.22. The van der Waals surface area contributed by atoms with E-state index in [1.807, 2.05) is 0 Å². The van der Waals surface area contributed by atoms with Crippen molar-refractivity contribution in [1.82, 2.24) is 5.32 Å². The maximum absolute atomic E-state index is 3.51. The highest BCUT2D eigenvalue weighted by atomic mass is 14.9. The van der Waals surface area contributed by atoms with E-state index in [9.17, 15) is 0 Å². The lowest BCUT2D eigenvalue weighted by atomic mass is 9.89. The molecule has 1 N–H and O–H groups in total. The Bertz CT molecular complexity index is 279. The molecule has 1 rings (SSSR count). The van der Waals surface area contributed by atoms with Crippen molar-refractivity contribution in [2.75, 3.05) is 6.54 Å². The van der Waals surface area contributed by atoms with Gasteiger partial charge in [0.1, 0.15) is 0 Å². The Morgan fingerprint density at radius 2 is 1.56 bits per heavy atom. The molecular weight excluding hydrogens is 194 g/mol. The van der Waals surface area contributed by atoms with E-state index in [4.69, 9.17) is 0 Å². The van der Waals surface area contributed by atoms with Crippen molar-refractivity contribution in [3.8, 4) is 0 Å². The topological polar surface area (TPSA) is 12.0 Å². The van der Waals surface area contributed by atoms with E-state index in [0.717, 1.165) is 18.4 Å². The summed E-state index contributed by atoms with van der Waals surface area (Å²) in [6.07, 6.45) is 1.18. The Morgan fingerprint density at radius 3 is 2.12 bits per heavy atom. The van der Waals surface area contributed by atoms with Crippen molar-refractivity contribution >= 4 is 0 Å². The minimum absolute atomic E-state index is 0.589. The summed E-state index contributed by atoms with van der Waals surface area (Å²) < 4.78 is 0. The maximum atomic E-state index is 3.51. The van der Waals surface area contributed by atoms with Crippen molar-refractivity contribution in [3.63, 3.8) is 0 Å². The van der Waals surface area contributed by atoms with Crippen LogP contribution in [0, 0.1) is 11.8 Å². The molecule has 1 aromatic rings. The van der Waals surface area contributed by atoms with Crippen LogP contribution in [0.1, 0.15) is 33.3 Å². The molecule has 0 spiro atoms. The average Bonchev–Trinajstić information content (AvgIpc) is 2.27. The van der Waals surface area contributed by atoms with Gasteiger partial charge in [-0.15, -0.1) is 0 Å². The summed E-state index contributed by atoms with van der Waals surface area (Å²) in [6.45, 7) is 10.2. The van der Waals surface area contributed by atoms with Crippen LogP contribution in [0.15, 0.2) is 30.3 Å². The van der Waals surface area contributed by atoms with Crippen LogP contribution in [-0.2, 0) is 6.42 Å². The van der Waals surface area contributed by atoms with Gasteiger partial charge in [0.15, 0.2) is 0 Å². The Kier molecular flexibility index (Phi) is 5.54. The molecule has 0 bridgehead atoms. The quantitative estimate of drug-likeness (QED) is 0.772. The van der Waals surface area contributed by atoms with Crippen molar-refractivity contribution in [2.45, 2.75) is 40.2 Å². The SMILES string of the molecule is CC(C)NCC(C)C(C)Cc1ccccc1. The molecule has 0 aliphatic rings. The van der Waals surface area contributed by atoms with Crippen molar-refractivity contribution in [3.05, 3.63) is 35.9 Å². The lowest BCUT2D eigenvalue weighted by Crippen LogP contribution is -2.31. The first kappa shape index (κ1) is 13.2. The van der Waals surface area contributed by atoms with Gasteiger partial charge < -0.3 is 5.32 Å². The summed E-state index contributed by atoms with van der Waals surface area (Å²) in [4.78, 5) is 0. The largest absolute Gasteiger partial charge is 0.314 e. The van der Waals surface area contributed by atoms with Gasteiger partial charge in [0, 0.05) is 6.04 Å². The minimum atomic E-state index is 0.589. The van der Waals surface area contributed by atoms with E-state index in [2.05, 4.69) is 63.3 Å². The average molecular weight is 219 g/mol. The second kappa shape index (κ2) is 6.70. The summed E-state index contributed by atoms with van der Waals surface area (Å²) in [5.74, 6) is 1.45. The van der Waals surface area contributed by atoms with Crippen LogP contribution in [0.2, 0.25) is 0 Å². The van der Waals surface area contributed by atoms with Gasteiger partial charge in [-0.1, -0.05) is 58.0 Å². The van der Waals surface area contributed by atoms with Gasteiger partial charge in [-0.05, 0) is 30.4 Å². The molecular formula is C15H25N. The molecule has 0 aromatic heterocycles. The van der Waals surface area contributed by atoms with E-state index in [1.54, 1.807) is 0 Å². The van der Waals surface area contributed by atoms with Gasteiger partial charge in [0.25, 0.3) is 0 Å². The lowest BCUT2D eigenvalue weighted by Gasteiger charge is -2.21. The molecule has 0 amide bonds. The van der Waals surface area contributed by atoms with Crippen LogP contribution in [0.3, 0.4) is 0 Å². The Balaban J connectivity index is 2.37. The zero-order valence-corrected chi connectivity index (χ0v) is 11.0. The van der Waals surface area contributed by atoms with Crippen LogP contribution in [0.5, 0.6) is 0 Å². The smallest absolute Gasteiger partial charge is 0.00104 e. The normalized spacial score (nSPS) is 15.1. The molecule has 0 heterocycles. The molecule has 0 aliphatic heterocycles. The summed E-state index contributed by atoms with van der Waals surface area (Å²) in [5.41, 5.74) is 1.45. The third kappa shape index (κ3) is 4.80. The van der Waals surface area contributed by atoms with Gasteiger partial charge >= 0.3 is 0 Å². The summed E-state index contributed by atoms with van der Waals surface area (Å²) in [7, 11) is 0. The van der Waals surface area contributed by atoms with Gasteiger partial charge in [-0.3, -0.25) is 0 Å². The molecule has 2 atom stereocenters. The van der Waals surface area contributed by atoms with Crippen molar-refractivity contribution in [2.24, 2.45) is 11.8 Å². The fourth-order valence-electron chi connectivity index (χ4n) is 1.81. The van der Waals surface area contributed by atoms with Crippen LogP contribution in [0.4, 0.5) is 0 Å². The summed E-state index contributed by atoms with van der Waals surface area (Å²) in [5, 5.41) is 3.51. The zero-order valence-electron chi connectivity index (χ0n) is 11.0. The highest BCUT2D eigenvalue weighted by Crippen LogP contribution is 2.16. The Hall–Kier alpha value is -0.820. The predicted molar refractivity (Wildman–Crippen MR) is 71.6 cm³/mol. The van der Waals surface area contributed by atoms with E-state index in [1.165, 1.54) is 12.0 Å². The molecule has 0 saturated heterocycles. The van der Waals surface area contributed by atoms with E-state index in [-0.39, 0.29) is 0 Å². The van der Waals surface area contributed by atoms with E-state index < -0.39 is 0 Å². The fourth-order valence-corrected chi connectivity index (χ4v) is 1.81. The van der Waals surface area contributed by atoms with Crippen LogP contribution in [0.25, 0.3) is 0 Å². The number of hydrogen-bond donors (Lipinski definition) is 1. The molecule has 16 heavy (non-hydrogen) atoms. The highest BCUT2D eigenvalue weighted by molar-refractivity contribution is 5.15. The number of benzene rings is 1. The second-order valence-electron chi connectivity index (χ2n) is 5.21. The first-order chi connectivity index (χ1) is 7.59. The van der Waals surface area contributed by atoms with Crippen LogP contribution < -0.4 is 5.32 Å². The first-order valence-corrected chi connectivity index (χ1v) is 6.37. The maximum Gasteiger partial charge on any atom is 0.00104 e. The fraction of sp³-hybridized carbons (Fsp3) is 0.600. The molecule has 1 nitrogen and oxygen atoms in total. The van der Waals surface area contributed by atoms with E-state index >= 15 is 0 Å². The molecule has 2 unspecified atom stereocenters. The molecule has 0 fully saturated rings. The summed E-state index contributed by atoms with van der Waals surface area (Å²) in [6, 6.07) is 11.4. The molecule has 1 heteroatoms. The standard InChI is InChI=1S/C15H25N/c1-12(2)16-11-14(4)13(3)10-15-8-6-5-7-9-15/h5-9,12-14,16H,10-11H2,1-4H3. The van der Waals surface area contributed by atoms with Gasteiger partial charge in [0.05, 0.1) is 0 Å².